The van der Waals surface area contributed by atoms with E-state index in [1.807, 2.05) is 18.2 Å². The molecular formula is C31H42O6. The van der Waals surface area contributed by atoms with Crippen molar-refractivity contribution < 1.29 is 28.5 Å². The molecule has 37 heavy (non-hydrogen) atoms. The fourth-order valence-corrected chi connectivity index (χ4v) is 4.03. The standard InChI is InChI=1S/C31H42O6/c1-5-7-8-9-10-11-12-13-14-15-20-35-31(32)26-17-19-28(30(22-26)37-24-34-4)27-18-16-25(6-2)21-29(27)36-23-33-3/h2,16-19,21-22H,5,7-15,20,23-24H2,1,3-4H3. The van der Waals surface area contributed by atoms with Crippen molar-refractivity contribution in [2.75, 3.05) is 34.4 Å². The number of methoxy groups -OCH3 is 2. The van der Waals surface area contributed by atoms with Crippen molar-refractivity contribution in [1.29, 1.82) is 0 Å². The molecule has 0 radical (unpaired) electrons. The normalized spacial score (nSPS) is 10.6. The van der Waals surface area contributed by atoms with Crippen LogP contribution in [0.1, 0.15) is 87.1 Å². The monoisotopic (exact) mass is 510 g/mol. The fraction of sp³-hybridized carbons (Fsp3) is 0.516. The molecule has 2 aromatic rings. The molecule has 0 amide bonds. The van der Waals surface area contributed by atoms with Gasteiger partial charge in [0.2, 0.25) is 0 Å². The van der Waals surface area contributed by atoms with E-state index in [-0.39, 0.29) is 19.6 Å². The van der Waals surface area contributed by atoms with Gasteiger partial charge in [0.25, 0.3) is 0 Å². The third kappa shape index (κ3) is 10.9. The third-order valence-corrected chi connectivity index (χ3v) is 6.05. The Morgan fingerprint density at radius 3 is 1.86 bits per heavy atom. The van der Waals surface area contributed by atoms with Crippen LogP contribution in [0.4, 0.5) is 0 Å². The van der Waals surface area contributed by atoms with Gasteiger partial charge in [0, 0.05) is 30.9 Å². The fourth-order valence-electron chi connectivity index (χ4n) is 4.03. The molecule has 2 aromatic carbocycles. The van der Waals surface area contributed by atoms with E-state index < -0.39 is 0 Å². The zero-order chi connectivity index (χ0) is 26.7. The maximum absolute atomic E-state index is 12.7. The lowest BCUT2D eigenvalue weighted by Gasteiger charge is -2.16. The molecule has 0 heterocycles. The molecule has 0 fully saturated rings. The van der Waals surface area contributed by atoms with Crippen LogP contribution in [0.2, 0.25) is 0 Å². The predicted octanol–water partition coefficient (Wildman–Crippen LogP) is 7.38. The van der Waals surface area contributed by atoms with Gasteiger partial charge >= 0.3 is 5.97 Å². The average molecular weight is 511 g/mol. The SMILES string of the molecule is C#Cc1ccc(-c2ccc(C(=O)OCCCCCCCCCCCC)cc2OCOC)c(OCOC)c1. The summed E-state index contributed by atoms with van der Waals surface area (Å²) in [4.78, 5) is 12.7. The number of esters is 1. The molecule has 6 nitrogen and oxygen atoms in total. The van der Waals surface area contributed by atoms with Crippen molar-refractivity contribution in [3.05, 3.63) is 47.5 Å². The number of benzene rings is 2. The van der Waals surface area contributed by atoms with E-state index in [4.69, 9.17) is 30.1 Å². The quantitative estimate of drug-likeness (QED) is 0.0850. The van der Waals surface area contributed by atoms with Gasteiger partial charge in [-0.2, -0.15) is 0 Å². The highest BCUT2D eigenvalue weighted by molar-refractivity contribution is 5.91. The van der Waals surface area contributed by atoms with Gasteiger partial charge in [-0.25, -0.2) is 4.79 Å². The first-order valence-corrected chi connectivity index (χ1v) is 13.3. The molecule has 0 aliphatic carbocycles. The summed E-state index contributed by atoms with van der Waals surface area (Å²) < 4.78 is 27.2. The van der Waals surface area contributed by atoms with E-state index in [9.17, 15) is 4.79 Å². The van der Waals surface area contributed by atoms with Crippen LogP contribution in [0.5, 0.6) is 11.5 Å². The second kappa shape index (κ2) is 18.3. The minimum Gasteiger partial charge on any atom is -0.467 e. The Bertz CT molecular complexity index is 978. The summed E-state index contributed by atoms with van der Waals surface area (Å²) in [5.74, 6) is 3.27. The Kier molecular flexibility index (Phi) is 14.9. The minimum absolute atomic E-state index is 0.0286. The Labute approximate surface area is 222 Å². The number of carbonyl (C=O) groups is 1. The summed E-state index contributed by atoms with van der Waals surface area (Å²) >= 11 is 0. The van der Waals surface area contributed by atoms with Crippen molar-refractivity contribution in [3.8, 4) is 35.0 Å². The molecule has 0 spiro atoms. The molecule has 6 heteroatoms. The van der Waals surface area contributed by atoms with E-state index in [2.05, 4.69) is 12.8 Å². The summed E-state index contributed by atoms with van der Waals surface area (Å²) in [6.45, 7) is 2.75. The molecule has 0 aliphatic heterocycles. The number of unbranched alkanes of at least 4 members (excludes halogenated alkanes) is 9. The number of terminal acetylenes is 1. The smallest absolute Gasteiger partial charge is 0.338 e. The molecule has 0 aromatic heterocycles. The summed E-state index contributed by atoms with van der Waals surface area (Å²) in [6, 6.07) is 10.7. The van der Waals surface area contributed by atoms with Gasteiger partial charge in [-0.1, -0.05) is 70.6 Å². The van der Waals surface area contributed by atoms with Gasteiger partial charge in [0.05, 0.1) is 12.2 Å². The van der Waals surface area contributed by atoms with Crippen LogP contribution in [0, 0.1) is 12.3 Å². The number of rotatable bonds is 19. The zero-order valence-electron chi connectivity index (χ0n) is 22.7. The number of hydrogen-bond acceptors (Lipinski definition) is 6. The van der Waals surface area contributed by atoms with Gasteiger partial charge in [0.1, 0.15) is 11.5 Å². The van der Waals surface area contributed by atoms with E-state index in [0.29, 0.717) is 29.2 Å². The summed E-state index contributed by atoms with van der Waals surface area (Å²) in [7, 11) is 3.09. The summed E-state index contributed by atoms with van der Waals surface area (Å²) in [5, 5.41) is 0. The first-order valence-electron chi connectivity index (χ1n) is 13.3. The van der Waals surface area contributed by atoms with Crippen LogP contribution in [-0.4, -0.2) is 40.4 Å². The molecule has 0 atom stereocenters. The molecule has 0 saturated heterocycles. The largest absolute Gasteiger partial charge is 0.467 e. The van der Waals surface area contributed by atoms with Crippen LogP contribution >= 0.6 is 0 Å². The second-order valence-corrected chi connectivity index (χ2v) is 8.99. The van der Waals surface area contributed by atoms with Crippen molar-refractivity contribution in [3.63, 3.8) is 0 Å². The van der Waals surface area contributed by atoms with E-state index in [1.54, 1.807) is 32.4 Å². The van der Waals surface area contributed by atoms with E-state index in [1.165, 1.54) is 51.4 Å². The summed E-state index contributed by atoms with van der Waals surface area (Å²) in [5.41, 5.74) is 2.59. The maximum atomic E-state index is 12.7. The Morgan fingerprint density at radius 1 is 0.757 bits per heavy atom. The lowest BCUT2D eigenvalue weighted by atomic mass is 10.00. The van der Waals surface area contributed by atoms with Gasteiger partial charge in [-0.05, 0) is 42.8 Å². The van der Waals surface area contributed by atoms with Gasteiger partial charge in [-0.3, -0.25) is 0 Å². The third-order valence-electron chi connectivity index (χ3n) is 6.05. The first-order chi connectivity index (χ1) is 18.1. The molecule has 0 N–H and O–H groups in total. The Hall–Kier alpha value is -3.01. The Balaban J connectivity index is 1.97. The topological polar surface area (TPSA) is 63.2 Å². The molecule has 202 valence electrons. The van der Waals surface area contributed by atoms with Gasteiger partial charge in [0.15, 0.2) is 13.6 Å². The van der Waals surface area contributed by atoms with Crippen LogP contribution in [-0.2, 0) is 14.2 Å². The molecule has 0 unspecified atom stereocenters. The van der Waals surface area contributed by atoms with E-state index in [0.717, 1.165) is 24.0 Å². The van der Waals surface area contributed by atoms with Crippen LogP contribution in [0.15, 0.2) is 36.4 Å². The predicted molar refractivity (Wildman–Crippen MR) is 147 cm³/mol. The highest BCUT2D eigenvalue weighted by Crippen LogP contribution is 2.38. The van der Waals surface area contributed by atoms with Crippen LogP contribution in [0.3, 0.4) is 0 Å². The zero-order valence-corrected chi connectivity index (χ0v) is 22.7. The van der Waals surface area contributed by atoms with Gasteiger partial charge < -0.3 is 23.7 Å². The van der Waals surface area contributed by atoms with Crippen molar-refractivity contribution in [2.24, 2.45) is 0 Å². The van der Waals surface area contributed by atoms with Crippen molar-refractivity contribution in [1.82, 2.24) is 0 Å². The molecule has 0 bridgehead atoms. The Morgan fingerprint density at radius 2 is 1.30 bits per heavy atom. The molecule has 0 saturated carbocycles. The number of ether oxygens (including phenoxy) is 5. The lowest BCUT2D eigenvalue weighted by Crippen LogP contribution is -2.08. The second-order valence-electron chi connectivity index (χ2n) is 8.99. The highest BCUT2D eigenvalue weighted by Gasteiger charge is 2.17. The molecular weight excluding hydrogens is 468 g/mol. The first kappa shape index (κ1) is 30.2. The van der Waals surface area contributed by atoms with Crippen LogP contribution < -0.4 is 9.47 Å². The lowest BCUT2D eigenvalue weighted by molar-refractivity contribution is 0.0476. The van der Waals surface area contributed by atoms with Gasteiger partial charge in [-0.15, -0.1) is 6.42 Å². The van der Waals surface area contributed by atoms with E-state index >= 15 is 0 Å². The highest BCUT2D eigenvalue weighted by atomic mass is 16.7. The van der Waals surface area contributed by atoms with Crippen molar-refractivity contribution >= 4 is 5.97 Å². The minimum atomic E-state index is -0.372. The van der Waals surface area contributed by atoms with Crippen molar-refractivity contribution in [2.45, 2.75) is 71.1 Å². The average Bonchev–Trinajstić information content (AvgIpc) is 2.93. The number of carbonyl (C=O) groups excluding carboxylic acids is 1. The molecule has 0 aliphatic rings. The number of hydrogen-bond donors (Lipinski definition) is 0. The molecule has 2 rings (SSSR count). The maximum Gasteiger partial charge on any atom is 0.338 e. The summed E-state index contributed by atoms with van der Waals surface area (Å²) in [6.07, 6.45) is 17.9. The van der Waals surface area contributed by atoms with Crippen LogP contribution in [0.25, 0.3) is 11.1 Å².